The minimum Gasteiger partial charge on any atom is -0.208 e. The van der Waals surface area contributed by atoms with Crippen molar-refractivity contribution in [1.82, 2.24) is 15.0 Å². The summed E-state index contributed by atoms with van der Waals surface area (Å²) in [5.41, 5.74) is 12.5. The van der Waals surface area contributed by atoms with E-state index in [2.05, 4.69) is 202 Å². The summed E-state index contributed by atoms with van der Waals surface area (Å²) in [7, 11) is 0. The molecule has 3 heteroatoms. The Morgan fingerprint density at radius 1 is 0.333 bits per heavy atom. The van der Waals surface area contributed by atoms with Crippen LogP contribution in [-0.2, 0) is 5.41 Å². The zero-order valence-electron chi connectivity index (χ0n) is 31.7. The van der Waals surface area contributed by atoms with Crippen molar-refractivity contribution in [2.24, 2.45) is 0 Å². The molecule has 10 aromatic rings. The van der Waals surface area contributed by atoms with Gasteiger partial charge in [-0.2, -0.15) is 0 Å². The highest BCUT2D eigenvalue weighted by molar-refractivity contribution is 6.27. The first-order valence-electron chi connectivity index (χ1n) is 19.6. The molecule has 268 valence electrons. The second-order valence-corrected chi connectivity index (χ2v) is 15.5. The maximum absolute atomic E-state index is 5.48. The van der Waals surface area contributed by atoms with Crippen LogP contribution in [0.2, 0.25) is 0 Å². The lowest BCUT2D eigenvalue weighted by Crippen LogP contribution is -2.15. The number of nitrogens with zero attached hydrogens (tertiary/aromatic N) is 3. The van der Waals surface area contributed by atoms with Crippen molar-refractivity contribution in [3.05, 3.63) is 199 Å². The van der Waals surface area contributed by atoms with Gasteiger partial charge in [0.2, 0.25) is 0 Å². The first-order chi connectivity index (χ1) is 28.0. The van der Waals surface area contributed by atoms with Gasteiger partial charge in [-0.15, -0.1) is 0 Å². The van der Waals surface area contributed by atoms with Crippen LogP contribution >= 0.6 is 0 Å². The van der Waals surface area contributed by atoms with E-state index in [9.17, 15) is 0 Å². The summed E-state index contributed by atoms with van der Waals surface area (Å²) >= 11 is 0. The maximum Gasteiger partial charge on any atom is 0.165 e. The molecular weight excluding hydrogens is 691 g/mol. The van der Waals surface area contributed by atoms with Gasteiger partial charge in [0.15, 0.2) is 17.5 Å². The molecule has 0 amide bonds. The maximum atomic E-state index is 5.48. The molecule has 0 spiro atoms. The lowest BCUT2D eigenvalue weighted by Gasteiger charge is -2.22. The van der Waals surface area contributed by atoms with Crippen molar-refractivity contribution in [2.75, 3.05) is 0 Å². The van der Waals surface area contributed by atoms with Crippen LogP contribution in [0.3, 0.4) is 0 Å². The quantitative estimate of drug-likeness (QED) is 0.131. The van der Waals surface area contributed by atoms with E-state index in [0.717, 1.165) is 44.0 Å². The van der Waals surface area contributed by atoms with Crippen molar-refractivity contribution in [3.63, 3.8) is 0 Å². The molecule has 0 atom stereocenters. The molecule has 3 nitrogen and oxygen atoms in total. The molecule has 11 rings (SSSR count). The predicted molar refractivity (Wildman–Crippen MR) is 237 cm³/mol. The largest absolute Gasteiger partial charge is 0.208 e. The predicted octanol–water partition coefficient (Wildman–Crippen LogP) is 14.0. The zero-order chi connectivity index (χ0) is 38.1. The number of aromatic nitrogens is 3. The minimum atomic E-state index is -0.165. The van der Waals surface area contributed by atoms with E-state index in [1.54, 1.807) is 0 Å². The molecule has 0 aliphatic heterocycles. The van der Waals surface area contributed by atoms with Gasteiger partial charge < -0.3 is 0 Å². The molecule has 9 aromatic carbocycles. The SMILES string of the molecule is CC1(C)c2ccccc2-c2ccc(-c3nc(-c4ccccc4-c4ccccc4)nc(-c4c5ccccc5c(-c5ccccc5)c5c4ccc4ccccc45)n3)cc21. The average Bonchev–Trinajstić information content (AvgIpc) is 3.51. The first-order valence-corrected chi connectivity index (χ1v) is 19.6. The fourth-order valence-electron chi connectivity index (χ4n) is 9.22. The van der Waals surface area contributed by atoms with Crippen molar-refractivity contribution in [1.29, 1.82) is 0 Å². The summed E-state index contributed by atoms with van der Waals surface area (Å²) in [5, 5.41) is 6.95. The fraction of sp³-hybridized carbons (Fsp3) is 0.0556. The Morgan fingerprint density at radius 3 is 1.67 bits per heavy atom. The average molecular weight is 728 g/mol. The molecule has 57 heavy (non-hydrogen) atoms. The van der Waals surface area contributed by atoms with Crippen molar-refractivity contribution in [2.45, 2.75) is 19.3 Å². The molecule has 1 aromatic heterocycles. The molecule has 0 fully saturated rings. The van der Waals surface area contributed by atoms with E-state index in [0.29, 0.717) is 17.5 Å². The van der Waals surface area contributed by atoms with Gasteiger partial charge in [0.25, 0.3) is 0 Å². The fourth-order valence-corrected chi connectivity index (χ4v) is 9.22. The number of rotatable bonds is 5. The van der Waals surface area contributed by atoms with E-state index in [1.165, 1.54) is 49.5 Å². The van der Waals surface area contributed by atoms with Crippen molar-refractivity contribution < 1.29 is 0 Å². The topological polar surface area (TPSA) is 38.7 Å². The van der Waals surface area contributed by atoms with Crippen LogP contribution in [0.25, 0.3) is 99.9 Å². The van der Waals surface area contributed by atoms with Gasteiger partial charge in [0.05, 0.1) is 0 Å². The summed E-state index contributed by atoms with van der Waals surface area (Å²) < 4.78 is 0. The van der Waals surface area contributed by atoms with Crippen LogP contribution in [0, 0.1) is 0 Å². The monoisotopic (exact) mass is 727 g/mol. The van der Waals surface area contributed by atoms with Crippen LogP contribution in [0.4, 0.5) is 0 Å². The third-order valence-corrected chi connectivity index (χ3v) is 11.9. The van der Waals surface area contributed by atoms with Crippen LogP contribution in [0.15, 0.2) is 188 Å². The Hall–Kier alpha value is -7.23. The first kappa shape index (κ1) is 33.1. The standard InChI is InChI=1S/C54H37N3/c1-54(2)46-28-16-15-24-40(46)41-31-30-37(33-47(41)54)51-55-52(44-27-14-11-22-38(44)34-17-5-3-6-18-34)57-53(56-51)50-43-26-13-12-25-42(43)48(36-20-7-4-8-21-36)49-39-23-10-9-19-35(39)29-32-45(49)50/h3-33H,1-2H3. The molecule has 1 heterocycles. The van der Waals surface area contributed by atoms with E-state index >= 15 is 0 Å². The summed E-state index contributed by atoms with van der Waals surface area (Å²) in [5.74, 6) is 1.94. The zero-order valence-corrected chi connectivity index (χ0v) is 31.7. The molecule has 0 saturated heterocycles. The Kier molecular flexibility index (Phi) is 7.52. The van der Waals surface area contributed by atoms with Crippen molar-refractivity contribution in [3.8, 4) is 67.5 Å². The molecule has 1 aliphatic carbocycles. The summed E-state index contributed by atoms with van der Waals surface area (Å²) in [4.78, 5) is 16.3. The lowest BCUT2D eigenvalue weighted by atomic mass is 9.82. The lowest BCUT2D eigenvalue weighted by molar-refractivity contribution is 0.660. The molecule has 0 bridgehead atoms. The van der Waals surface area contributed by atoms with Crippen LogP contribution in [-0.4, -0.2) is 15.0 Å². The molecule has 0 N–H and O–H groups in total. The second-order valence-electron chi connectivity index (χ2n) is 15.5. The van der Waals surface area contributed by atoms with Gasteiger partial charge >= 0.3 is 0 Å². The van der Waals surface area contributed by atoms with Gasteiger partial charge in [-0.05, 0) is 82.9 Å². The second kappa shape index (κ2) is 12.9. The number of hydrogen-bond donors (Lipinski definition) is 0. The summed E-state index contributed by atoms with van der Waals surface area (Å²) in [6.45, 7) is 4.64. The smallest absolute Gasteiger partial charge is 0.165 e. The van der Waals surface area contributed by atoms with E-state index in [1.807, 2.05) is 0 Å². The Balaban J connectivity index is 1.24. The Bertz CT molecular complexity index is 3200. The van der Waals surface area contributed by atoms with Crippen LogP contribution in [0.5, 0.6) is 0 Å². The van der Waals surface area contributed by atoms with E-state index in [-0.39, 0.29) is 5.41 Å². The molecule has 0 unspecified atom stereocenters. The number of fused-ring (bicyclic) bond motifs is 7. The Morgan fingerprint density at radius 2 is 0.895 bits per heavy atom. The molecular formula is C54H37N3. The van der Waals surface area contributed by atoms with Crippen molar-refractivity contribution >= 4 is 32.3 Å². The highest BCUT2D eigenvalue weighted by Gasteiger charge is 2.35. The number of benzene rings is 9. The van der Waals surface area contributed by atoms with E-state index < -0.39 is 0 Å². The normalized spacial score (nSPS) is 12.9. The molecule has 0 radical (unpaired) electrons. The van der Waals surface area contributed by atoms with E-state index in [4.69, 9.17) is 15.0 Å². The van der Waals surface area contributed by atoms with Gasteiger partial charge in [-0.1, -0.05) is 196 Å². The molecule has 1 aliphatic rings. The molecule has 0 saturated carbocycles. The Labute approximate surface area is 332 Å². The minimum absolute atomic E-state index is 0.165. The third kappa shape index (κ3) is 5.23. The summed E-state index contributed by atoms with van der Waals surface area (Å²) in [6.07, 6.45) is 0. The van der Waals surface area contributed by atoms with Gasteiger partial charge in [0.1, 0.15) is 0 Å². The summed E-state index contributed by atoms with van der Waals surface area (Å²) in [6, 6.07) is 67.2. The van der Waals surface area contributed by atoms with Gasteiger partial charge in [-0.3, -0.25) is 0 Å². The van der Waals surface area contributed by atoms with Gasteiger partial charge in [-0.25, -0.2) is 15.0 Å². The highest BCUT2D eigenvalue weighted by Crippen LogP contribution is 2.50. The van der Waals surface area contributed by atoms with Crippen LogP contribution < -0.4 is 0 Å². The van der Waals surface area contributed by atoms with Gasteiger partial charge in [0, 0.05) is 22.1 Å². The highest BCUT2D eigenvalue weighted by atomic mass is 15.0. The van der Waals surface area contributed by atoms with Crippen LogP contribution in [0.1, 0.15) is 25.0 Å². The number of hydrogen-bond acceptors (Lipinski definition) is 3. The third-order valence-electron chi connectivity index (χ3n) is 11.9.